The van der Waals surface area contributed by atoms with Gasteiger partial charge in [-0.15, -0.1) is 0 Å². The highest BCUT2D eigenvalue weighted by atomic mass is 16.6. The van der Waals surface area contributed by atoms with E-state index >= 15 is 0 Å². The van der Waals surface area contributed by atoms with E-state index in [2.05, 4.69) is 39.8 Å². The Labute approximate surface area is 251 Å². The zero-order valence-corrected chi connectivity index (χ0v) is 24.3. The Kier molecular flexibility index (Phi) is 9.46. The van der Waals surface area contributed by atoms with Crippen molar-refractivity contribution in [2.45, 2.75) is 32.6 Å². The molecule has 1 saturated heterocycles. The first-order chi connectivity index (χ1) is 20.9. The number of amides is 2. The van der Waals surface area contributed by atoms with E-state index in [9.17, 15) is 19.7 Å². The number of carbonyl (C=O) groups excluding carboxylic acids is 2. The number of carbonyl (C=O) groups is 2. The largest absolute Gasteiger partial charge is 0.371 e. The molecule has 8 heteroatoms. The van der Waals surface area contributed by atoms with Gasteiger partial charge in [0.2, 0.25) is 0 Å². The van der Waals surface area contributed by atoms with Gasteiger partial charge in [0, 0.05) is 48.2 Å². The Bertz CT molecular complexity index is 1580. The maximum absolute atomic E-state index is 13.5. The van der Waals surface area contributed by atoms with Crippen molar-refractivity contribution in [3.05, 3.63) is 135 Å². The minimum absolute atomic E-state index is 0.114. The highest BCUT2D eigenvalue weighted by Crippen LogP contribution is 2.30. The molecule has 0 radical (unpaired) electrons. The second-order valence-electron chi connectivity index (χ2n) is 11.1. The van der Waals surface area contributed by atoms with Crippen LogP contribution < -0.4 is 15.5 Å². The van der Waals surface area contributed by atoms with Gasteiger partial charge in [0.15, 0.2) is 0 Å². The molecule has 0 unspecified atom stereocenters. The summed E-state index contributed by atoms with van der Waals surface area (Å²) in [5.41, 5.74) is 4.79. The van der Waals surface area contributed by atoms with E-state index in [4.69, 9.17) is 0 Å². The van der Waals surface area contributed by atoms with Gasteiger partial charge in [0.1, 0.15) is 0 Å². The van der Waals surface area contributed by atoms with Crippen molar-refractivity contribution in [3.8, 4) is 0 Å². The summed E-state index contributed by atoms with van der Waals surface area (Å²) in [4.78, 5) is 39.7. The van der Waals surface area contributed by atoms with Crippen molar-refractivity contribution in [3.63, 3.8) is 0 Å². The molecule has 1 aliphatic rings. The van der Waals surface area contributed by atoms with Crippen LogP contribution in [0.1, 0.15) is 50.2 Å². The van der Waals surface area contributed by atoms with Crippen LogP contribution in [-0.4, -0.2) is 36.4 Å². The first kappa shape index (κ1) is 29.5. The first-order valence-electron chi connectivity index (χ1n) is 14.7. The van der Waals surface area contributed by atoms with Crippen LogP contribution in [0.4, 0.5) is 17.1 Å². The summed E-state index contributed by atoms with van der Waals surface area (Å²) in [6.07, 6.45) is 3.79. The van der Waals surface area contributed by atoms with Crippen molar-refractivity contribution in [2.75, 3.05) is 29.9 Å². The van der Waals surface area contributed by atoms with Crippen LogP contribution in [0.3, 0.4) is 0 Å². The maximum atomic E-state index is 13.5. The zero-order chi connectivity index (χ0) is 30.2. The van der Waals surface area contributed by atoms with Crippen LogP contribution in [0.15, 0.2) is 97.1 Å². The maximum Gasteiger partial charge on any atom is 0.273 e. The lowest BCUT2D eigenvalue weighted by molar-refractivity contribution is -0.385. The molecule has 4 aromatic carbocycles. The van der Waals surface area contributed by atoms with Crippen LogP contribution in [-0.2, 0) is 12.8 Å². The summed E-state index contributed by atoms with van der Waals surface area (Å²) in [7, 11) is 0. The van der Waals surface area contributed by atoms with Crippen LogP contribution in [0.25, 0.3) is 0 Å². The molecule has 1 aliphatic heterocycles. The van der Waals surface area contributed by atoms with Crippen LogP contribution in [0.5, 0.6) is 0 Å². The van der Waals surface area contributed by atoms with Gasteiger partial charge in [-0.25, -0.2) is 0 Å². The summed E-state index contributed by atoms with van der Waals surface area (Å²) in [6.45, 7) is 3.78. The van der Waals surface area contributed by atoms with E-state index in [1.807, 2.05) is 42.5 Å². The minimum Gasteiger partial charge on any atom is -0.371 e. The molecular weight excluding hydrogens is 540 g/mol. The number of nitrogens with one attached hydrogen (secondary N) is 2. The van der Waals surface area contributed by atoms with Gasteiger partial charge in [0.05, 0.1) is 10.5 Å². The lowest BCUT2D eigenvalue weighted by atomic mass is 9.89. The lowest BCUT2D eigenvalue weighted by Crippen LogP contribution is -2.36. The standard InChI is InChI=1S/C35H36N4O4/c1-25-12-13-29(23-33(25)39(42)43)34(40)37-30-14-15-32(31(24-30)35(41)36-19-16-26-8-4-2-5-9-26)38-20-17-28(18-21-38)22-27-10-6-3-7-11-27/h2-15,23-24,28H,16-22H2,1H3,(H,36,41)(H,37,40). The monoisotopic (exact) mass is 576 g/mol. The fraction of sp³-hybridized carbons (Fsp3) is 0.257. The summed E-state index contributed by atoms with van der Waals surface area (Å²) < 4.78 is 0. The number of benzene rings is 4. The molecule has 2 amide bonds. The third-order valence-corrected chi connectivity index (χ3v) is 8.03. The van der Waals surface area contributed by atoms with Crippen LogP contribution in [0.2, 0.25) is 0 Å². The van der Waals surface area contributed by atoms with Gasteiger partial charge >= 0.3 is 0 Å². The lowest BCUT2D eigenvalue weighted by Gasteiger charge is -2.35. The molecule has 0 aromatic heterocycles. The Morgan fingerprint density at radius 1 is 0.860 bits per heavy atom. The number of nitrogens with zero attached hydrogens (tertiary/aromatic N) is 2. The number of anilines is 2. The van der Waals surface area contributed by atoms with Gasteiger partial charge in [0.25, 0.3) is 17.5 Å². The second kappa shape index (κ2) is 13.8. The van der Waals surface area contributed by atoms with Crippen LogP contribution in [0, 0.1) is 23.0 Å². The first-order valence-corrected chi connectivity index (χ1v) is 14.7. The van der Waals surface area contributed by atoms with E-state index in [1.165, 1.54) is 11.6 Å². The van der Waals surface area contributed by atoms with Crippen molar-refractivity contribution < 1.29 is 14.5 Å². The SMILES string of the molecule is Cc1ccc(C(=O)Nc2ccc(N3CCC(Cc4ccccc4)CC3)c(C(=O)NCCc3ccccc3)c2)cc1[N+](=O)[O-]. The fourth-order valence-electron chi connectivity index (χ4n) is 5.61. The highest BCUT2D eigenvalue weighted by Gasteiger charge is 2.24. The molecule has 8 nitrogen and oxygen atoms in total. The van der Waals surface area contributed by atoms with Gasteiger partial charge in [-0.1, -0.05) is 66.7 Å². The Balaban J connectivity index is 1.32. The number of aryl methyl sites for hydroxylation is 1. The molecule has 2 N–H and O–H groups in total. The summed E-state index contributed by atoms with van der Waals surface area (Å²) in [5, 5.41) is 17.3. The average Bonchev–Trinajstić information content (AvgIpc) is 3.02. The third-order valence-electron chi connectivity index (χ3n) is 8.03. The summed E-state index contributed by atoms with van der Waals surface area (Å²) >= 11 is 0. The van der Waals surface area contributed by atoms with Crippen LogP contribution >= 0.6 is 0 Å². The van der Waals surface area contributed by atoms with E-state index < -0.39 is 10.8 Å². The van der Waals surface area contributed by atoms with E-state index in [1.54, 1.807) is 31.2 Å². The van der Waals surface area contributed by atoms with E-state index in [0.717, 1.165) is 43.6 Å². The predicted molar refractivity (Wildman–Crippen MR) is 170 cm³/mol. The predicted octanol–water partition coefficient (Wildman–Crippen LogP) is 6.59. The molecule has 0 aliphatic carbocycles. The molecule has 0 spiro atoms. The normalized spacial score (nSPS) is 13.4. The van der Waals surface area contributed by atoms with E-state index in [-0.39, 0.29) is 17.2 Å². The molecule has 43 heavy (non-hydrogen) atoms. The Morgan fingerprint density at radius 2 is 1.53 bits per heavy atom. The average molecular weight is 577 g/mol. The van der Waals surface area contributed by atoms with Crippen molar-refractivity contribution >= 4 is 28.9 Å². The molecule has 4 aromatic rings. The quantitative estimate of drug-likeness (QED) is 0.164. The van der Waals surface area contributed by atoms with Gasteiger partial charge in [-0.2, -0.15) is 0 Å². The topological polar surface area (TPSA) is 105 Å². The smallest absolute Gasteiger partial charge is 0.273 e. The number of hydrogen-bond acceptors (Lipinski definition) is 5. The molecule has 0 atom stereocenters. The number of piperidine rings is 1. The molecule has 1 fully saturated rings. The highest BCUT2D eigenvalue weighted by molar-refractivity contribution is 6.06. The molecular formula is C35H36N4O4. The van der Waals surface area contributed by atoms with Crippen molar-refractivity contribution in [1.82, 2.24) is 5.32 Å². The number of nitro groups is 1. The number of rotatable bonds is 10. The fourth-order valence-corrected chi connectivity index (χ4v) is 5.61. The van der Waals surface area contributed by atoms with Gasteiger partial charge in [-0.3, -0.25) is 19.7 Å². The summed E-state index contributed by atoms with van der Waals surface area (Å²) in [6, 6.07) is 30.3. The second-order valence-corrected chi connectivity index (χ2v) is 11.1. The molecule has 220 valence electrons. The summed E-state index contributed by atoms with van der Waals surface area (Å²) in [5.74, 6) is -0.105. The number of hydrogen-bond donors (Lipinski definition) is 2. The molecule has 5 rings (SSSR count). The molecule has 0 bridgehead atoms. The molecule has 0 saturated carbocycles. The Morgan fingerprint density at radius 3 is 2.21 bits per heavy atom. The van der Waals surface area contributed by atoms with Gasteiger partial charge in [-0.05, 0) is 73.9 Å². The Hall–Kier alpha value is -4.98. The van der Waals surface area contributed by atoms with E-state index in [0.29, 0.717) is 35.7 Å². The van der Waals surface area contributed by atoms with Gasteiger partial charge < -0.3 is 15.5 Å². The number of nitro benzene ring substituents is 1. The van der Waals surface area contributed by atoms with Crippen molar-refractivity contribution in [1.29, 1.82) is 0 Å². The minimum atomic E-state index is -0.498. The third kappa shape index (κ3) is 7.65. The zero-order valence-electron chi connectivity index (χ0n) is 24.3. The van der Waals surface area contributed by atoms with Crippen molar-refractivity contribution in [2.24, 2.45) is 5.92 Å². The molecule has 1 heterocycles.